The Morgan fingerprint density at radius 1 is 1.46 bits per heavy atom. The van der Waals surface area contributed by atoms with Gasteiger partial charge in [0.1, 0.15) is 5.82 Å². The highest BCUT2D eigenvalue weighted by molar-refractivity contribution is 5.19. The summed E-state index contributed by atoms with van der Waals surface area (Å²) < 4.78 is 12.8. The fraction of sp³-hybridized carbons (Fsp3) is 0.455. The lowest BCUT2D eigenvalue weighted by molar-refractivity contribution is 0.583. The van der Waals surface area contributed by atoms with Crippen LogP contribution in [0.4, 0.5) is 4.39 Å². The predicted octanol–water partition coefficient (Wildman–Crippen LogP) is 2.63. The molecule has 1 aliphatic rings. The van der Waals surface area contributed by atoms with E-state index in [1.807, 2.05) is 6.07 Å². The summed E-state index contributed by atoms with van der Waals surface area (Å²) >= 11 is 0. The van der Waals surface area contributed by atoms with E-state index in [-0.39, 0.29) is 11.9 Å². The van der Waals surface area contributed by atoms with Crippen LogP contribution in [0.25, 0.3) is 0 Å². The molecule has 1 nitrogen and oxygen atoms in total. The van der Waals surface area contributed by atoms with Crippen LogP contribution in [0.15, 0.2) is 24.3 Å². The second-order valence-corrected chi connectivity index (χ2v) is 3.84. The van der Waals surface area contributed by atoms with Gasteiger partial charge in [0.2, 0.25) is 0 Å². The molecule has 0 unspecified atom stereocenters. The van der Waals surface area contributed by atoms with Crippen molar-refractivity contribution in [2.75, 3.05) is 0 Å². The minimum Gasteiger partial charge on any atom is -0.324 e. The second-order valence-electron chi connectivity index (χ2n) is 3.84. The van der Waals surface area contributed by atoms with Gasteiger partial charge in [-0.05, 0) is 30.0 Å². The van der Waals surface area contributed by atoms with Crippen LogP contribution < -0.4 is 5.73 Å². The second kappa shape index (κ2) is 3.46. The van der Waals surface area contributed by atoms with Crippen LogP contribution in [0.2, 0.25) is 0 Å². The maximum atomic E-state index is 12.8. The molecule has 0 aromatic heterocycles. The van der Waals surface area contributed by atoms with E-state index in [1.165, 1.54) is 25.0 Å². The lowest BCUT2D eigenvalue weighted by Gasteiger charge is -2.10. The molecule has 1 aromatic rings. The predicted molar refractivity (Wildman–Crippen MR) is 50.7 cm³/mol. The molecule has 2 rings (SSSR count). The normalized spacial score (nSPS) is 18.6. The number of hydrogen-bond acceptors (Lipinski definition) is 1. The molecule has 1 fully saturated rings. The van der Waals surface area contributed by atoms with Crippen molar-refractivity contribution in [2.24, 2.45) is 11.7 Å². The highest BCUT2D eigenvalue weighted by Gasteiger charge is 2.24. The summed E-state index contributed by atoms with van der Waals surface area (Å²) in [6.45, 7) is 0. The quantitative estimate of drug-likeness (QED) is 0.758. The van der Waals surface area contributed by atoms with E-state index in [9.17, 15) is 4.39 Å². The summed E-state index contributed by atoms with van der Waals surface area (Å²) in [5, 5.41) is 0. The molecular formula is C11H14FN. The maximum Gasteiger partial charge on any atom is 0.123 e. The lowest BCUT2D eigenvalue weighted by Crippen LogP contribution is -2.10. The SMILES string of the molecule is N[C@@H](CC1CC1)c1cccc(F)c1. The molecule has 1 aliphatic carbocycles. The zero-order chi connectivity index (χ0) is 9.26. The van der Waals surface area contributed by atoms with Gasteiger partial charge in [0.25, 0.3) is 0 Å². The minimum absolute atomic E-state index is 0.0169. The molecular weight excluding hydrogens is 165 g/mol. The zero-order valence-electron chi connectivity index (χ0n) is 7.54. The van der Waals surface area contributed by atoms with E-state index >= 15 is 0 Å². The molecule has 70 valence electrons. The van der Waals surface area contributed by atoms with Crippen LogP contribution >= 0.6 is 0 Å². The first-order chi connectivity index (χ1) is 6.25. The first-order valence-corrected chi connectivity index (χ1v) is 4.77. The van der Waals surface area contributed by atoms with E-state index in [2.05, 4.69) is 0 Å². The van der Waals surface area contributed by atoms with Crippen LogP contribution in [-0.4, -0.2) is 0 Å². The zero-order valence-corrected chi connectivity index (χ0v) is 7.54. The van der Waals surface area contributed by atoms with Gasteiger partial charge >= 0.3 is 0 Å². The molecule has 1 atom stereocenters. The molecule has 2 heteroatoms. The smallest absolute Gasteiger partial charge is 0.123 e. The van der Waals surface area contributed by atoms with Crippen molar-refractivity contribution in [1.82, 2.24) is 0 Å². The van der Waals surface area contributed by atoms with Crippen molar-refractivity contribution >= 4 is 0 Å². The first-order valence-electron chi connectivity index (χ1n) is 4.77. The third-order valence-corrected chi connectivity index (χ3v) is 2.56. The van der Waals surface area contributed by atoms with Gasteiger partial charge < -0.3 is 5.73 Å². The number of halogens is 1. The summed E-state index contributed by atoms with van der Waals surface area (Å²) in [7, 11) is 0. The average Bonchev–Trinajstić information content (AvgIpc) is 2.88. The van der Waals surface area contributed by atoms with E-state index in [1.54, 1.807) is 6.07 Å². The van der Waals surface area contributed by atoms with Crippen LogP contribution in [0.1, 0.15) is 30.9 Å². The van der Waals surface area contributed by atoms with E-state index in [4.69, 9.17) is 5.73 Å². The molecule has 0 amide bonds. The van der Waals surface area contributed by atoms with Crippen molar-refractivity contribution < 1.29 is 4.39 Å². The van der Waals surface area contributed by atoms with Gasteiger partial charge in [0.05, 0.1) is 0 Å². The summed E-state index contributed by atoms with van der Waals surface area (Å²) in [5.41, 5.74) is 6.86. The summed E-state index contributed by atoms with van der Waals surface area (Å²) in [5.74, 6) is 0.599. The summed E-state index contributed by atoms with van der Waals surface area (Å²) in [6, 6.07) is 6.62. The van der Waals surface area contributed by atoms with Gasteiger partial charge in [-0.2, -0.15) is 0 Å². The molecule has 0 aliphatic heterocycles. The largest absolute Gasteiger partial charge is 0.324 e. The number of rotatable bonds is 3. The van der Waals surface area contributed by atoms with Gasteiger partial charge in [0.15, 0.2) is 0 Å². The fourth-order valence-electron chi connectivity index (χ4n) is 1.59. The van der Waals surface area contributed by atoms with E-state index < -0.39 is 0 Å². The third-order valence-electron chi connectivity index (χ3n) is 2.56. The van der Waals surface area contributed by atoms with Gasteiger partial charge in [-0.25, -0.2) is 4.39 Å². The topological polar surface area (TPSA) is 26.0 Å². The highest BCUT2D eigenvalue weighted by atomic mass is 19.1. The minimum atomic E-state index is -0.191. The molecule has 0 saturated heterocycles. The van der Waals surface area contributed by atoms with Crippen molar-refractivity contribution in [3.8, 4) is 0 Å². The summed E-state index contributed by atoms with van der Waals surface area (Å²) in [6.07, 6.45) is 3.59. The number of hydrogen-bond donors (Lipinski definition) is 1. The van der Waals surface area contributed by atoms with Gasteiger partial charge in [-0.15, -0.1) is 0 Å². The monoisotopic (exact) mass is 179 g/mol. The molecule has 13 heavy (non-hydrogen) atoms. The maximum absolute atomic E-state index is 12.8. The number of nitrogens with two attached hydrogens (primary N) is 1. The fourth-order valence-corrected chi connectivity index (χ4v) is 1.59. The van der Waals surface area contributed by atoms with Crippen LogP contribution in [0.5, 0.6) is 0 Å². The van der Waals surface area contributed by atoms with Crippen molar-refractivity contribution in [2.45, 2.75) is 25.3 Å². The molecule has 0 bridgehead atoms. The molecule has 0 heterocycles. The molecule has 0 spiro atoms. The Kier molecular flexibility index (Phi) is 2.32. The first kappa shape index (κ1) is 8.70. The lowest BCUT2D eigenvalue weighted by atomic mass is 10.0. The molecule has 1 aromatic carbocycles. The van der Waals surface area contributed by atoms with Crippen molar-refractivity contribution in [1.29, 1.82) is 0 Å². The Balaban J connectivity index is 2.04. The van der Waals surface area contributed by atoms with Crippen LogP contribution in [-0.2, 0) is 0 Å². The standard InChI is InChI=1S/C11H14FN/c12-10-3-1-2-9(7-10)11(13)6-8-4-5-8/h1-3,7-8,11H,4-6,13H2/t11-/m0/s1. The number of benzene rings is 1. The summed E-state index contributed by atoms with van der Waals surface area (Å²) in [4.78, 5) is 0. The van der Waals surface area contributed by atoms with Gasteiger partial charge in [0, 0.05) is 6.04 Å². The van der Waals surface area contributed by atoms with Crippen molar-refractivity contribution in [3.05, 3.63) is 35.6 Å². The highest BCUT2D eigenvalue weighted by Crippen LogP contribution is 2.36. The molecule has 2 N–H and O–H groups in total. The van der Waals surface area contributed by atoms with E-state index in [0.717, 1.165) is 17.9 Å². The Labute approximate surface area is 77.8 Å². The van der Waals surface area contributed by atoms with Gasteiger partial charge in [-0.1, -0.05) is 25.0 Å². The Bertz CT molecular complexity index is 294. The Morgan fingerprint density at radius 2 is 2.23 bits per heavy atom. The molecule has 1 saturated carbocycles. The van der Waals surface area contributed by atoms with E-state index in [0.29, 0.717) is 0 Å². The average molecular weight is 179 g/mol. The van der Waals surface area contributed by atoms with Crippen LogP contribution in [0.3, 0.4) is 0 Å². The third kappa shape index (κ3) is 2.28. The molecule has 0 radical (unpaired) electrons. The van der Waals surface area contributed by atoms with Crippen LogP contribution in [0, 0.1) is 11.7 Å². The Hall–Kier alpha value is -0.890. The van der Waals surface area contributed by atoms with Crippen molar-refractivity contribution in [3.63, 3.8) is 0 Å². The Morgan fingerprint density at radius 3 is 2.85 bits per heavy atom. The van der Waals surface area contributed by atoms with Gasteiger partial charge in [-0.3, -0.25) is 0 Å².